The number of ether oxygens (including phenoxy) is 2. The SMILES string of the molecule is CO[C@H]1O[C@@]2(c3ccc(C(F)(F)F)cc3)CC[C@H]3CCCC[C@]31OO2. The van der Waals surface area contributed by atoms with Gasteiger partial charge in [-0.15, -0.1) is 0 Å². The number of hydrogen-bond donors (Lipinski definition) is 0. The second-order valence-electron chi connectivity index (χ2n) is 7.12. The first-order valence-electron chi connectivity index (χ1n) is 8.65. The van der Waals surface area contributed by atoms with Crippen LogP contribution in [0.25, 0.3) is 0 Å². The average molecular weight is 358 g/mol. The first-order valence-corrected chi connectivity index (χ1v) is 8.65. The van der Waals surface area contributed by atoms with E-state index in [9.17, 15) is 13.2 Å². The Hall–Kier alpha value is -1.15. The summed E-state index contributed by atoms with van der Waals surface area (Å²) in [4.78, 5) is 11.6. The second-order valence-corrected chi connectivity index (χ2v) is 7.12. The molecule has 7 heteroatoms. The first kappa shape index (κ1) is 17.3. The fraction of sp³-hybridized carbons (Fsp3) is 0.667. The lowest BCUT2D eigenvalue weighted by Crippen LogP contribution is -2.59. The van der Waals surface area contributed by atoms with Gasteiger partial charge >= 0.3 is 6.18 Å². The van der Waals surface area contributed by atoms with Crippen LogP contribution in [0.3, 0.4) is 0 Å². The van der Waals surface area contributed by atoms with E-state index >= 15 is 0 Å². The molecule has 1 aromatic rings. The maximum absolute atomic E-state index is 12.8. The highest BCUT2D eigenvalue weighted by atomic mass is 19.4. The van der Waals surface area contributed by atoms with E-state index in [-0.39, 0.29) is 5.92 Å². The standard InChI is InChI=1S/C18H21F3O4/c1-22-15-16-10-3-2-4-12(16)9-11-17(23-15,25-24-16)13-5-7-14(8-6-13)18(19,20)21/h5-8,12,15H,2-4,9-11H2,1H3/t12-,15+,16+,17+/m1/s1. The predicted octanol–water partition coefficient (Wildman–Crippen LogP) is 4.53. The smallest absolute Gasteiger partial charge is 0.353 e. The van der Waals surface area contributed by atoms with E-state index in [1.165, 1.54) is 12.1 Å². The van der Waals surface area contributed by atoms with Crippen LogP contribution in [0, 0.1) is 5.92 Å². The third-order valence-electron chi connectivity index (χ3n) is 5.78. The fourth-order valence-electron chi connectivity index (χ4n) is 4.41. The number of benzene rings is 1. The van der Waals surface area contributed by atoms with Crippen LogP contribution in [0.1, 0.15) is 49.7 Å². The topological polar surface area (TPSA) is 36.9 Å². The molecular weight excluding hydrogens is 337 g/mol. The summed E-state index contributed by atoms with van der Waals surface area (Å²) in [5, 5.41) is 0. The Morgan fingerprint density at radius 2 is 1.80 bits per heavy atom. The van der Waals surface area contributed by atoms with Crippen molar-refractivity contribution < 1.29 is 32.4 Å². The monoisotopic (exact) mass is 358 g/mol. The third-order valence-corrected chi connectivity index (χ3v) is 5.78. The summed E-state index contributed by atoms with van der Waals surface area (Å²) in [6.07, 6.45) is 0.297. The molecule has 1 saturated carbocycles. The first-order chi connectivity index (χ1) is 11.9. The van der Waals surface area contributed by atoms with E-state index in [0.29, 0.717) is 12.0 Å². The lowest BCUT2D eigenvalue weighted by Gasteiger charge is -2.49. The molecule has 3 aliphatic heterocycles. The Balaban J connectivity index is 1.68. The molecule has 3 saturated heterocycles. The Labute approximate surface area is 144 Å². The van der Waals surface area contributed by atoms with Crippen LogP contribution in [-0.2, 0) is 31.2 Å². The Morgan fingerprint density at radius 1 is 1.04 bits per heavy atom. The van der Waals surface area contributed by atoms with Crippen LogP contribution < -0.4 is 0 Å². The lowest BCUT2D eigenvalue weighted by molar-refractivity contribution is -0.558. The summed E-state index contributed by atoms with van der Waals surface area (Å²) in [5.74, 6) is -0.974. The molecule has 3 heterocycles. The summed E-state index contributed by atoms with van der Waals surface area (Å²) in [6, 6.07) is 4.87. The van der Waals surface area contributed by atoms with Crippen molar-refractivity contribution in [3.05, 3.63) is 35.4 Å². The number of alkyl halides is 3. The third kappa shape index (κ3) is 2.68. The molecule has 5 rings (SSSR count). The molecule has 1 aromatic carbocycles. The van der Waals surface area contributed by atoms with Gasteiger partial charge in [-0.2, -0.15) is 18.1 Å². The Bertz CT molecular complexity index is 628. The van der Waals surface area contributed by atoms with Crippen molar-refractivity contribution in [2.75, 3.05) is 7.11 Å². The summed E-state index contributed by atoms with van der Waals surface area (Å²) in [7, 11) is 1.57. The summed E-state index contributed by atoms with van der Waals surface area (Å²) >= 11 is 0. The maximum atomic E-state index is 12.8. The summed E-state index contributed by atoms with van der Waals surface area (Å²) < 4.78 is 50.2. The molecule has 0 N–H and O–H groups in total. The van der Waals surface area contributed by atoms with Crippen molar-refractivity contribution in [1.82, 2.24) is 0 Å². The zero-order chi connectivity index (χ0) is 17.7. The highest BCUT2D eigenvalue weighted by Crippen LogP contribution is 2.55. The largest absolute Gasteiger partial charge is 0.416 e. The number of methoxy groups -OCH3 is 1. The van der Waals surface area contributed by atoms with Crippen molar-refractivity contribution >= 4 is 0 Å². The zero-order valence-corrected chi connectivity index (χ0v) is 14.0. The number of halogens is 3. The minimum absolute atomic E-state index is 0.255. The molecule has 0 aromatic heterocycles. The highest BCUT2D eigenvalue weighted by molar-refractivity contribution is 5.28. The molecule has 1 aliphatic carbocycles. The van der Waals surface area contributed by atoms with E-state index in [4.69, 9.17) is 19.2 Å². The van der Waals surface area contributed by atoms with Gasteiger partial charge in [0.2, 0.25) is 5.79 Å². The molecule has 0 radical (unpaired) electrons. The molecule has 0 amide bonds. The average Bonchev–Trinajstić information content (AvgIpc) is 2.87. The van der Waals surface area contributed by atoms with E-state index in [0.717, 1.165) is 44.2 Å². The minimum atomic E-state index is -4.38. The van der Waals surface area contributed by atoms with Crippen molar-refractivity contribution in [2.45, 2.75) is 62.4 Å². The number of hydrogen-bond acceptors (Lipinski definition) is 4. The molecule has 2 bridgehead atoms. The van der Waals surface area contributed by atoms with Crippen LogP contribution in [0.5, 0.6) is 0 Å². The molecule has 25 heavy (non-hydrogen) atoms. The van der Waals surface area contributed by atoms with Gasteiger partial charge in [-0.25, -0.2) is 4.89 Å². The van der Waals surface area contributed by atoms with Crippen molar-refractivity contribution in [1.29, 1.82) is 0 Å². The van der Waals surface area contributed by atoms with Gasteiger partial charge in [0, 0.05) is 19.1 Å². The van der Waals surface area contributed by atoms with Crippen LogP contribution >= 0.6 is 0 Å². The van der Waals surface area contributed by atoms with Gasteiger partial charge in [-0.3, -0.25) is 0 Å². The van der Waals surface area contributed by atoms with Gasteiger partial charge in [0.25, 0.3) is 0 Å². The van der Waals surface area contributed by atoms with Crippen molar-refractivity contribution in [2.24, 2.45) is 5.92 Å². The molecule has 4 aliphatic rings. The molecule has 4 nitrogen and oxygen atoms in total. The Kier molecular flexibility index (Phi) is 4.11. The van der Waals surface area contributed by atoms with Crippen molar-refractivity contribution in [3.63, 3.8) is 0 Å². The van der Waals surface area contributed by atoms with Crippen LogP contribution in [0.4, 0.5) is 13.2 Å². The molecule has 4 fully saturated rings. The number of fused-ring (bicyclic) bond motifs is 3. The van der Waals surface area contributed by atoms with E-state index < -0.39 is 29.4 Å². The predicted molar refractivity (Wildman–Crippen MR) is 81.1 cm³/mol. The number of rotatable bonds is 2. The van der Waals surface area contributed by atoms with Gasteiger partial charge in [0.05, 0.1) is 5.56 Å². The summed E-state index contributed by atoms with van der Waals surface area (Å²) in [6.45, 7) is 0. The van der Waals surface area contributed by atoms with Gasteiger partial charge in [-0.1, -0.05) is 25.0 Å². The molecular formula is C18H21F3O4. The maximum Gasteiger partial charge on any atom is 0.416 e. The van der Waals surface area contributed by atoms with Crippen LogP contribution in [0.15, 0.2) is 24.3 Å². The zero-order valence-electron chi connectivity index (χ0n) is 14.0. The summed E-state index contributed by atoms with van der Waals surface area (Å²) in [5.41, 5.74) is -0.818. The minimum Gasteiger partial charge on any atom is -0.353 e. The molecule has 138 valence electrons. The van der Waals surface area contributed by atoms with E-state index in [1.807, 2.05) is 0 Å². The highest BCUT2D eigenvalue weighted by Gasteiger charge is 2.61. The molecule has 1 spiro atoms. The molecule has 4 atom stereocenters. The van der Waals surface area contributed by atoms with Gasteiger partial charge in [-0.05, 0) is 37.3 Å². The van der Waals surface area contributed by atoms with E-state index in [1.54, 1.807) is 7.11 Å². The second kappa shape index (κ2) is 5.94. The lowest BCUT2D eigenvalue weighted by atomic mass is 9.73. The van der Waals surface area contributed by atoms with Crippen LogP contribution in [0.2, 0.25) is 0 Å². The molecule has 0 unspecified atom stereocenters. The van der Waals surface area contributed by atoms with Crippen molar-refractivity contribution in [3.8, 4) is 0 Å². The quantitative estimate of drug-likeness (QED) is 0.728. The Morgan fingerprint density at radius 3 is 2.48 bits per heavy atom. The van der Waals surface area contributed by atoms with Gasteiger partial charge < -0.3 is 9.47 Å². The van der Waals surface area contributed by atoms with E-state index in [2.05, 4.69) is 0 Å². The van der Waals surface area contributed by atoms with Crippen LogP contribution in [-0.4, -0.2) is 19.0 Å². The van der Waals surface area contributed by atoms with Gasteiger partial charge in [0.15, 0.2) is 11.9 Å². The fourth-order valence-corrected chi connectivity index (χ4v) is 4.41. The van der Waals surface area contributed by atoms with Gasteiger partial charge in [0.1, 0.15) is 0 Å². The normalized spacial score (nSPS) is 38.2.